The number of carboxylic acids is 1. The van der Waals surface area contributed by atoms with Crippen molar-refractivity contribution in [2.75, 3.05) is 11.9 Å². The first kappa shape index (κ1) is 19.1. The number of hydrogen-bond acceptors (Lipinski definition) is 6. The number of benzene rings is 3. The molecule has 31 heavy (non-hydrogen) atoms. The van der Waals surface area contributed by atoms with Gasteiger partial charge in [0, 0.05) is 36.0 Å². The Morgan fingerprint density at radius 1 is 1.13 bits per heavy atom. The molecule has 1 atom stereocenters. The van der Waals surface area contributed by atoms with Gasteiger partial charge in [0.05, 0.1) is 16.3 Å². The fourth-order valence-corrected chi connectivity index (χ4v) is 4.91. The molecule has 0 fully saturated rings. The number of ether oxygens (including phenoxy) is 1. The van der Waals surface area contributed by atoms with Gasteiger partial charge in [0.1, 0.15) is 5.75 Å². The molecule has 2 heterocycles. The normalized spacial score (nSPS) is 20.4. The minimum absolute atomic E-state index is 0.00103. The molecule has 2 aliphatic heterocycles. The van der Waals surface area contributed by atoms with Crippen molar-refractivity contribution in [1.82, 2.24) is 0 Å². The molecule has 0 amide bonds. The van der Waals surface area contributed by atoms with E-state index in [0.29, 0.717) is 5.56 Å². The van der Waals surface area contributed by atoms with Gasteiger partial charge in [-0.05, 0) is 54.5 Å². The van der Waals surface area contributed by atoms with Crippen molar-refractivity contribution < 1.29 is 19.6 Å². The molecule has 0 unspecified atom stereocenters. The number of fused-ring (bicyclic) bond motifs is 4. The summed E-state index contributed by atoms with van der Waals surface area (Å²) in [6, 6.07) is 13.8. The average Bonchev–Trinajstić information content (AvgIpc) is 2.91. The average molecular weight is 415 g/mol. The number of nitro benzene ring substituents is 1. The lowest BCUT2D eigenvalue weighted by Gasteiger charge is -2.46. The Kier molecular flexibility index (Phi) is 3.74. The lowest BCUT2D eigenvalue weighted by molar-refractivity contribution is -0.384. The van der Waals surface area contributed by atoms with E-state index in [2.05, 4.69) is 0 Å². The summed E-state index contributed by atoms with van der Waals surface area (Å²) < 4.78 is 6.54. The summed E-state index contributed by atoms with van der Waals surface area (Å²) in [7, 11) is 1.84. The molecule has 0 saturated carbocycles. The monoisotopic (exact) mass is 415 g/mol. The highest BCUT2D eigenvalue weighted by atomic mass is 16.6. The van der Waals surface area contributed by atoms with Crippen LogP contribution in [0.4, 0.5) is 11.4 Å². The molecule has 0 aromatic heterocycles. The minimum Gasteiger partial charge on any atom is -0.545 e. The van der Waals surface area contributed by atoms with E-state index in [1.807, 2.05) is 62.2 Å². The van der Waals surface area contributed by atoms with Crippen molar-refractivity contribution >= 4 is 34.2 Å². The van der Waals surface area contributed by atoms with E-state index >= 15 is 0 Å². The van der Waals surface area contributed by atoms with Crippen LogP contribution in [0.25, 0.3) is 16.8 Å². The molecule has 2 aliphatic rings. The number of rotatable bonds is 2. The predicted octanol–water partition coefficient (Wildman–Crippen LogP) is 3.64. The Morgan fingerprint density at radius 2 is 1.87 bits per heavy atom. The number of carbonyl (C=O) groups is 1. The molecule has 7 heteroatoms. The summed E-state index contributed by atoms with van der Waals surface area (Å²) in [5.74, 6) is -1.08. The fourth-order valence-electron chi connectivity index (χ4n) is 4.91. The van der Waals surface area contributed by atoms with E-state index in [4.69, 9.17) is 4.74 Å². The maximum absolute atomic E-state index is 12.0. The molecule has 156 valence electrons. The highest BCUT2D eigenvalue weighted by molar-refractivity contribution is 6.02. The molecular formula is C24H19N2O5-. The topological polar surface area (TPSA) is 95.7 Å². The number of hydrogen-bond donors (Lipinski definition) is 0. The van der Waals surface area contributed by atoms with Crippen LogP contribution in [0.15, 0.2) is 54.6 Å². The summed E-state index contributed by atoms with van der Waals surface area (Å²) in [4.78, 5) is 24.8. The van der Waals surface area contributed by atoms with Crippen LogP contribution < -0.4 is 14.7 Å². The van der Waals surface area contributed by atoms with Crippen LogP contribution >= 0.6 is 0 Å². The van der Waals surface area contributed by atoms with E-state index in [0.717, 1.165) is 22.0 Å². The number of non-ortho nitro benzene ring substituents is 1. The molecular weight excluding hydrogens is 396 g/mol. The predicted molar refractivity (Wildman–Crippen MR) is 115 cm³/mol. The Balaban J connectivity index is 1.75. The number of carbonyl (C=O) groups excluding carboxylic acids is 1. The summed E-state index contributed by atoms with van der Waals surface area (Å²) >= 11 is 0. The highest BCUT2D eigenvalue weighted by Gasteiger charge is 2.58. The second-order valence-electron chi connectivity index (χ2n) is 8.45. The van der Waals surface area contributed by atoms with Gasteiger partial charge in [-0.3, -0.25) is 10.1 Å². The quantitative estimate of drug-likeness (QED) is 0.468. The van der Waals surface area contributed by atoms with Crippen LogP contribution in [0.2, 0.25) is 0 Å². The molecule has 3 aromatic carbocycles. The van der Waals surface area contributed by atoms with Gasteiger partial charge in [-0.2, -0.15) is 0 Å². The maximum atomic E-state index is 12.0. The minimum atomic E-state index is -1.32. The summed E-state index contributed by atoms with van der Waals surface area (Å²) in [6.45, 7) is 3.88. The van der Waals surface area contributed by atoms with Crippen molar-refractivity contribution in [1.29, 1.82) is 0 Å². The number of anilines is 1. The Hall–Kier alpha value is -3.87. The molecule has 0 radical (unpaired) electrons. The van der Waals surface area contributed by atoms with Crippen molar-refractivity contribution in [3.05, 3.63) is 81.4 Å². The van der Waals surface area contributed by atoms with Gasteiger partial charge in [-0.1, -0.05) is 24.3 Å². The molecule has 0 aliphatic carbocycles. The van der Waals surface area contributed by atoms with Crippen LogP contribution in [0.3, 0.4) is 0 Å². The van der Waals surface area contributed by atoms with Gasteiger partial charge in [0.2, 0.25) is 5.72 Å². The number of nitro groups is 1. The smallest absolute Gasteiger partial charge is 0.269 e. The van der Waals surface area contributed by atoms with Crippen LogP contribution in [0.5, 0.6) is 5.75 Å². The molecule has 0 N–H and O–H groups in total. The highest BCUT2D eigenvalue weighted by Crippen LogP contribution is 2.55. The number of carboxylic acid groups (broad SMARTS) is 1. The summed E-state index contributed by atoms with van der Waals surface area (Å²) in [6.07, 6.45) is 3.79. The van der Waals surface area contributed by atoms with Crippen LogP contribution in [-0.2, 0) is 5.41 Å². The van der Waals surface area contributed by atoms with Crippen molar-refractivity contribution in [2.24, 2.45) is 0 Å². The van der Waals surface area contributed by atoms with Gasteiger partial charge >= 0.3 is 0 Å². The van der Waals surface area contributed by atoms with E-state index < -0.39 is 22.0 Å². The Bertz CT molecular complexity index is 1330. The molecule has 0 saturated heterocycles. The van der Waals surface area contributed by atoms with Gasteiger partial charge in [-0.25, -0.2) is 0 Å². The first-order chi connectivity index (χ1) is 14.7. The third-order valence-electron chi connectivity index (χ3n) is 6.61. The van der Waals surface area contributed by atoms with Gasteiger partial charge in [0.15, 0.2) is 0 Å². The standard InChI is InChI=1S/C24H20N2O5/c1-23(2)19-13-15(26(29)30)8-9-20(19)25(3)24(23)11-10-17-16-7-5-4-6-14(16)12-18(22(27)28)21(17)31-24/h4-13H,1-3H3,(H,27,28)/p-1/t24-/m1/s1. The first-order valence-corrected chi connectivity index (χ1v) is 9.85. The largest absolute Gasteiger partial charge is 0.545 e. The van der Waals surface area contributed by atoms with E-state index in [1.54, 1.807) is 18.2 Å². The summed E-state index contributed by atoms with van der Waals surface area (Å²) in [5.41, 5.74) is 0.417. The van der Waals surface area contributed by atoms with Crippen molar-refractivity contribution in [3.63, 3.8) is 0 Å². The van der Waals surface area contributed by atoms with Gasteiger partial charge in [0.25, 0.3) is 5.69 Å². The van der Waals surface area contributed by atoms with Gasteiger partial charge in [-0.15, -0.1) is 0 Å². The second kappa shape index (κ2) is 6.07. The zero-order chi connectivity index (χ0) is 22.1. The zero-order valence-corrected chi connectivity index (χ0v) is 17.2. The number of nitrogens with zero attached hydrogens (tertiary/aromatic N) is 2. The second-order valence-corrected chi connectivity index (χ2v) is 8.45. The lowest BCUT2D eigenvalue weighted by atomic mass is 9.76. The molecule has 7 nitrogen and oxygen atoms in total. The van der Waals surface area contributed by atoms with Crippen molar-refractivity contribution in [2.45, 2.75) is 25.0 Å². The third-order valence-corrected chi connectivity index (χ3v) is 6.61. The van der Waals surface area contributed by atoms with Gasteiger partial charge < -0.3 is 19.5 Å². The molecule has 0 bridgehead atoms. The zero-order valence-electron chi connectivity index (χ0n) is 17.2. The maximum Gasteiger partial charge on any atom is 0.269 e. The van der Waals surface area contributed by atoms with Crippen molar-refractivity contribution in [3.8, 4) is 5.75 Å². The van der Waals surface area contributed by atoms with E-state index in [1.165, 1.54) is 6.07 Å². The van der Waals surface area contributed by atoms with Crippen LogP contribution in [0, 0.1) is 10.1 Å². The van der Waals surface area contributed by atoms with E-state index in [9.17, 15) is 20.0 Å². The van der Waals surface area contributed by atoms with Crippen LogP contribution in [-0.4, -0.2) is 23.7 Å². The molecule has 5 rings (SSSR count). The Labute approximate surface area is 178 Å². The lowest BCUT2D eigenvalue weighted by Crippen LogP contribution is -2.58. The SMILES string of the molecule is CN1c2ccc([N+](=O)[O-])cc2C(C)(C)[C@]12C=Cc1c(c(C(=O)[O-])cc3ccccc13)O2. The number of likely N-dealkylation sites (N-methyl/N-ethyl adjacent to an activating group) is 1. The molecule has 1 spiro atoms. The third kappa shape index (κ3) is 2.37. The molecule has 3 aromatic rings. The van der Waals surface area contributed by atoms with E-state index in [-0.39, 0.29) is 17.0 Å². The Morgan fingerprint density at radius 3 is 2.58 bits per heavy atom. The number of aromatic carboxylic acids is 1. The first-order valence-electron chi connectivity index (χ1n) is 9.85. The summed E-state index contributed by atoms with van der Waals surface area (Å²) in [5, 5.41) is 25.0. The van der Waals surface area contributed by atoms with Crippen LogP contribution in [0.1, 0.15) is 35.3 Å². The fraction of sp³-hybridized carbons (Fsp3) is 0.208.